The number of nitrogens with zero attached hydrogens (tertiary/aromatic N) is 1. The van der Waals surface area contributed by atoms with E-state index in [9.17, 15) is 9.00 Å². The normalized spacial score (nSPS) is 22.7. The maximum Gasteiger partial charge on any atom is 0.354 e. The van der Waals surface area contributed by atoms with Crippen molar-refractivity contribution in [2.75, 3.05) is 5.32 Å². The number of fused-ring (bicyclic) bond motifs is 3. The highest BCUT2D eigenvalue weighted by molar-refractivity contribution is 7.91. The van der Waals surface area contributed by atoms with E-state index >= 15 is 0 Å². The number of nitrogens with one attached hydrogen (secondary N) is 2. The maximum atomic E-state index is 13.1. The molecular weight excluding hydrogens is 358 g/mol. The lowest BCUT2D eigenvalue weighted by Crippen LogP contribution is -2.31. The lowest BCUT2D eigenvalue weighted by molar-refractivity contribution is 0.260. The van der Waals surface area contributed by atoms with Crippen molar-refractivity contribution in [1.29, 1.82) is 0 Å². The van der Waals surface area contributed by atoms with Crippen LogP contribution >= 0.6 is 0 Å². The molecule has 1 unspecified atom stereocenters. The number of rotatable bonds is 1. The minimum atomic E-state index is -2.79. The largest absolute Gasteiger partial charge is 0.354 e. The van der Waals surface area contributed by atoms with Gasteiger partial charge in [0.25, 0.3) is 0 Å². The molecule has 0 saturated carbocycles. The van der Waals surface area contributed by atoms with Crippen LogP contribution in [0.1, 0.15) is 46.2 Å². The highest BCUT2D eigenvalue weighted by Crippen LogP contribution is 2.38. The highest BCUT2D eigenvalue weighted by Gasteiger charge is 2.26. The van der Waals surface area contributed by atoms with Gasteiger partial charge in [-0.3, -0.25) is 0 Å². The Balaban J connectivity index is 1.46. The number of urea groups is 1. The van der Waals surface area contributed by atoms with E-state index in [1.807, 2.05) is 24.3 Å². The zero-order valence-corrected chi connectivity index (χ0v) is 16.0. The van der Waals surface area contributed by atoms with Gasteiger partial charge in [-0.2, -0.15) is 0 Å². The zero-order chi connectivity index (χ0) is 18.4. The van der Waals surface area contributed by atoms with Gasteiger partial charge in [0.2, 0.25) is 0 Å². The Morgan fingerprint density at radius 2 is 1.63 bits per heavy atom. The molecule has 2 aromatic carbocycles. The van der Waals surface area contributed by atoms with Crippen LogP contribution in [0.2, 0.25) is 0 Å². The van der Waals surface area contributed by atoms with E-state index in [0.717, 1.165) is 55.3 Å². The van der Waals surface area contributed by atoms with Gasteiger partial charge in [-0.15, -0.1) is 4.36 Å². The Morgan fingerprint density at radius 1 is 0.963 bits per heavy atom. The fraction of sp³-hybridized carbons (Fsp3) is 0.381. The lowest BCUT2D eigenvalue weighted by Gasteiger charge is -2.21. The van der Waals surface area contributed by atoms with Crippen molar-refractivity contribution in [3.63, 3.8) is 0 Å². The number of carbonyl (C=O) groups is 1. The summed E-state index contributed by atoms with van der Waals surface area (Å²) in [6, 6.07) is 9.70. The van der Waals surface area contributed by atoms with Crippen LogP contribution in [0.15, 0.2) is 34.7 Å². The molecular formula is C21H23N3O2S. The van der Waals surface area contributed by atoms with Crippen LogP contribution < -0.4 is 10.0 Å². The summed E-state index contributed by atoms with van der Waals surface area (Å²) in [7, 11) is -2.79. The van der Waals surface area contributed by atoms with E-state index in [1.165, 1.54) is 22.3 Å². The minimum Gasteiger partial charge on any atom is -0.305 e. The van der Waals surface area contributed by atoms with Gasteiger partial charge in [0.15, 0.2) is 0 Å². The summed E-state index contributed by atoms with van der Waals surface area (Å²) in [5.41, 5.74) is 8.31. The molecule has 2 N–H and O–H groups in total. The van der Waals surface area contributed by atoms with Crippen LogP contribution in [0, 0.1) is 0 Å². The van der Waals surface area contributed by atoms with Gasteiger partial charge in [0.05, 0.1) is 5.75 Å². The van der Waals surface area contributed by atoms with Crippen molar-refractivity contribution < 1.29 is 9.00 Å². The molecule has 5 nitrogen and oxygen atoms in total. The summed E-state index contributed by atoms with van der Waals surface area (Å²) in [5, 5.41) is 3.01. The second kappa shape index (κ2) is 6.46. The predicted molar refractivity (Wildman–Crippen MR) is 107 cm³/mol. The average molecular weight is 382 g/mol. The molecule has 2 aromatic rings. The molecule has 0 spiro atoms. The first-order chi connectivity index (χ1) is 13.1. The second-order valence-electron chi connectivity index (χ2n) is 7.63. The molecule has 3 aliphatic rings. The molecule has 0 radical (unpaired) electrons. The molecule has 2 aliphatic carbocycles. The Labute approximate surface area is 159 Å². The van der Waals surface area contributed by atoms with Gasteiger partial charge in [-0.1, -0.05) is 30.3 Å². The molecule has 2 amide bonds. The van der Waals surface area contributed by atoms with E-state index in [2.05, 4.69) is 20.5 Å². The quantitative estimate of drug-likeness (QED) is 0.787. The number of carbonyl (C=O) groups excluding carboxylic acids is 1. The Hall–Kier alpha value is -2.18. The van der Waals surface area contributed by atoms with Crippen LogP contribution in [0.25, 0.3) is 0 Å². The molecule has 0 bridgehead atoms. The SMILES string of the molecule is O=C(N=S1(=O)Cc2ccccc2CN1)Nc1c2c(cc3c1CCC3)CCC2. The van der Waals surface area contributed by atoms with Crippen molar-refractivity contribution in [2.24, 2.45) is 4.36 Å². The fourth-order valence-electron chi connectivity index (χ4n) is 4.62. The summed E-state index contributed by atoms with van der Waals surface area (Å²) < 4.78 is 20.2. The molecule has 5 rings (SSSR count). The van der Waals surface area contributed by atoms with Crippen molar-refractivity contribution in [3.05, 3.63) is 63.7 Å². The predicted octanol–water partition coefficient (Wildman–Crippen LogP) is 3.88. The zero-order valence-electron chi connectivity index (χ0n) is 15.2. The Morgan fingerprint density at radius 3 is 2.33 bits per heavy atom. The van der Waals surface area contributed by atoms with Crippen molar-refractivity contribution in [3.8, 4) is 0 Å². The van der Waals surface area contributed by atoms with Crippen LogP contribution in [0.4, 0.5) is 10.5 Å². The molecule has 1 aliphatic heterocycles. The van der Waals surface area contributed by atoms with Gasteiger partial charge in [-0.25, -0.2) is 13.7 Å². The van der Waals surface area contributed by atoms with Gasteiger partial charge >= 0.3 is 6.03 Å². The van der Waals surface area contributed by atoms with E-state index in [-0.39, 0.29) is 5.75 Å². The smallest absolute Gasteiger partial charge is 0.305 e. The summed E-state index contributed by atoms with van der Waals surface area (Å²) in [5.74, 6) is 0.265. The molecule has 140 valence electrons. The third kappa shape index (κ3) is 3.07. The number of amides is 2. The third-order valence-corrected chi connectivity index (χ3v) is 7.65. The van der Waals surface area contributed by atoms with E-state index < -0.39 is 15.9 Å². The van der Waals surface area contributed by atoms with Crippen LogP contribution in [-0.2, 0) is 47.9 Å². The van der Waals surface area contributed by atoms with Gasteiger partial charge in [0.1, 0.15) is 9.92 Å². The summed E-state index contributed by atoms with van der Waals surface area (Å²) >= 11 is 0. The molecule has 0 aromatic heterocycles. The Bertz CT molecular complexity index is 1040. The van der Waals surface area contributed by atoms with Crippen LogP contribution in [0.3, 0.4) is 0 Å². The standard InChI is InChI=1S/C21H23N3O2S/c25-21(24-27(26)13-17-6-2-1-5-16(17)12-22-27)23-20-18-9-3-7-14(18)11-15-8-4-10-19(15)20/h1-2,5-6,11H,3-4,7-10,12-13H2,(H2,22,23,24,25,26). The number of anilines is 1. The molecule has 0 saturated heterocycles. The lowest BCUT2D eigenvalue weighted by atomic mass is 9.99. The molecule has 6 heteroatoms. The average Bonchev–Trinajstić information content (AvgIpc) is 3.30. The third-order valence-electron chi connectivity index (χ3n) is 5.89. The van der Waals surface area contributed by atoms with Crippen LogP contribution in [0.5, 0.6) is 0 Å². The van der Waals surface area contributed by atoms with E-state index in [4.69, 9.17) is 0 Å². The number of hydrogen-bond acceptors (Lipinski definition) is 2. The number of hydrogen-bond donors (Lipinski definition) is 2. The monoisotopic (exact) mass is 381 g/mol. The summed E-state index contributed by atoms with van der Waals surface area (Å²) in [6.45, 7) is 0.474. The van der Waals surface area contributed by atoms with Gasteiger partial charge < -0.3 is 5.32 Å². The van der Waals surface area contributed by atoms with Crippen molar-refractivity contribution in [1.82, 2.24) is 4.72 Å². The first-order valence-corrected chi connectivity index (χ1v) is 11.3. The summed E-state index contributed by atoms with van der Waals surface area (Å²) in [4.78, 5) is 12.7. The maximum absolute atomic E-state index is 13.1. The van der Waals surface area contributed by atoms with Gasteiger partial charge in [-0.05, 0) is 71.9 Å². The first-order valence-electron chi connectivity index (χ1n) is 9.65. The van der Waals surface area contributed by atoms with Gasteiger partial charge in [0, 0.05) is 12.2 Å². The van der Waals surface area contributed by atoms with Crippen LogP contribution in [-0.4, -0.2) is 10.2 Å². The van der Waals surface area contributed by atoms with Crippen molar-refractivity contribution >= 4 is 21.6 Å². The number of benzene rings is 2. The summed E-state index contributed by atoms with van der Waals surface area (Å²) in [6.07, 6.45) is 6.43. The molecule has 1 heterocycles. The van der Waals surface area contributed by atoms with E-state index in [0.29, 0.717) is 6.54 Å². The topological polar surface area (TPSA) is 70.6 Å². The molecule has 1 atom stereocenters. The molecule has 27 heavy (non-hydrogen) atoms. The first kappa shape index (κ1) is 17.0. The minimum absolute atomic E-state index is 0.265. The number of aryl methyl sites for hydroxylation is 2. The highest BCUT2D eigenvalue weighted by atomic mass is 32.2. The van der Waals surface area contributed by atoms with E-state index in [1.54, 1.807) is 0 Å². The van der Waals surface area contributed by atoms with Crippen molar-refractivity contribution in [2.45, 2.75) is 50.8 Å². The Kier molecular flexibility index (Phi) is 4.06. The second-order valence-corrected chi connectivity index (χ2v) is 9.67. The fourth-order valence-corrected chi connectivity index (χ4v) is 6.25. The molecule has 0 fully saturated rings.